The van der Waals surface area contributed by atoms with Gasteiger partial charge in [-0.05, 0) is 36.8 Å². The zero-order chi connectivity index (χ0) is 15.1. The van der Waals surface area contributed by atoms with E-state index in [-0.39, 0.29) is 36.2 Å². The number of carboxylic acids is 1. The largest absolute Gasteiger partial charge is 0.481 e. The predicted molar refractivity (Wildman–Crippen MR) is 77.1 cm³/mol. The van der Waals surface area contributed by atoms with Crippen LogP contribution >= 0.6 is 23.2 Å². The number of benzene rings is 1. The molecule has 21 heavy (non-hydrogen) atoms. The number of carbonyl (C=O) groups excluding carboxylic acids is 1. The van der Waals surface area contributed by atoms with Crippen molar-refractivity contribution < 1.29 is 19.4 Å². The van der Waals surface area contributed by atoms with Crippen molar-refractivity contribution in [3.05, 3.63) is 33.8 Å². The van der Waals surface area contributed by atoms with Gasteiger partial charge in [0, 0.05) is 15.6 Å². The summed E-state index contributed by atoms with van der Waals surface area (Å²) in [4.78, 5) is 23.1. The number of hydrogen-bond acceptors (Lipinski definition) is 3. The van der Waals surface area contributed by atoms with Gasteiger partial charge in [0.15, 0.2) is 0 Å². The third-order valence-electron chi connectivity index (χ3n) is 4.48. The number of esters is 1. The molecule has 4 unspecified atom stereocenters. The topological polar surface area (TPSA) is 63.6 Å². The number of fused-ring (bicyclic) bond motifs is 1. The Bertz CT molecular complexity index is 601. The standard InChI is InChI=1S/C15H14Cl2O4/c16-8-2-1-7(11(17)5-8)6-21-15(20)10-4-3-9-12(10)13(9)14(18)19/h1-2,5,9-10,12-13H,3-4,6H2,(H,18,19). The zero-order valence-electron chi connectivity index (χ0n) is 11.1. The lowest BCUT2D eigenvalue weighted by Crippen LogP contribution is -2.20. The van der Waals surface area contributed by atoms with Crippen molar-refractivity contribution in [2.45, 2.75) is 19.4 Å². The summed E-state index contributed by atoms with van der Waals surface area (Å²) in [5, 5.41) is 10.0. The summed E-state index contributed by atoms with van der Waals surface area (Å²) in [5.41, 5.74) is 0.689. The van der Waals surface area contributed by atoms with Crippen LogP contribution in [0.2, 0.25) is 10.0 Å². The fourth-order valence-corrected chi connectivity index (χ4v) is 3.87. The van der Waals surface area contributed by atoms with Gasteiger partial charge in [0.05, 0.1) is 11.8 Å². The maximum Gasteiger partial charge on any atom is 0.309 e. The van der Waals surface area contributed by atoms with Gasteiger partial charge in [-0.2, -0.15) is 0 Å². The SMILES string of the molecule is O=C(OCc1ccc(Cl)cc1Cl)C1CCC2C(C(=O)O)C12. The van der Waals surface area contributed by atoms with Crippen molar-refractivity contribution in [1.29, 1.82) is 0 Å². The maximum atomic E-state index is 12.1. The Labute approximate surface area is 132 Å². The molecule has 0 amide bonds. The molecule has 4 atom stereocenters. The van der Waals surface area contributed by atoms with Crippen LogP contribution in [0.3, 0.4) is 0 Å². The third kappa shape index (κ3) is 2.74. The minimum Gasteiger partial charge on any atom is -0.481 e. The van der Waals surface area contributed by atoms with Crippen LogP contribution in [0.5, 0.6) is 0 Å². The molecule has 0 saturated heterocycles. The molecule has 3 rings (SSSR count). The van der Waals surface area contributed by atoms with Gasteiger partial charge < -0.3 is 9.84 Å². The molecule has 0 aliphatic heterocycles. The first-order valence-electron chi connectivity index (χ1n) is 6.82. The first kappa shape index (κ1) is 14.7. The van der Waals surface area contributed by atoms with Crippen LogP contribution in [0.1, 0.15) is 18.4 Å². The first-order chi connectivity index (χ1) is 9.99. The van der Waals surface area contributed by atoms with Crippen LogP contribution in [0.25, 0.3) is 0 Å². The second-order valence-electron chi connectivity index (χ2n) is 5.63. The van der Waals surface area contributed by atoms with E-state index in [9.17, 15) is 9.59 Å². The molecular weight excluding hydrogens is 315 g/mol. The minimum atomic E-state index is -0.803. The van der Waals surface area contributed by atoms with E-state index in [2.05, 4.69) is 0 Å². The molecule has 2 saturated carbocycles. The van der Waals surface area contributed by atoms with Crippen molar-refractivity contribution in [2.24, 2.45) is 23.7 Å². The number of aliphatic carboxylic acids is 1. The van der Waals surface area contributed by atoms with E-state index in [0.29, 0.717) is 22.0 Å². The quantitative estimate of drug-likeness (QED) is 0.860. The van der Waals surface area contributed by atoms with E-state index < -0.39 is 5.97 Å². The summed E-state index contributed by atoms with van der Waals surface area (Å²) in [6.45, 7) is 0.0838. The highest BCUT2D eigenvalue weighted by molar-refractivity contribution is 6.35. The first-order valence-corrected chi connectivity index (χ1v) is 7.58. The van der Waals surface area contributed by atoms with Gasteiger partial charge in [0.1, 0.15) is 6.61 Å². The number of ether oxygens (including phenoxy) is 1. The summed E-state index contributed by atoms with van der Waals surface area (Å²) < 4.78 is 5.30. The Morgan fingerprint density at radius 1 is 1.29 bits per heavy atom. The zero-order valence-corrected chi connectivity index (χ0v) is 12.6. The monoisotopic (exact) mass is 328 g/mol. The van der Waals surface area contributed by atoms with Gasteiger partial charge >= 0.3 is 11.9 Å². The second-order valence-corrected chi connectivity index (χ2v) is 6.48. The van der Waals surface area contributed by atoms with Crippen LogP contribution in [0, 0.1) is 23.7 Å². The summed E-state index contributed by atoms with van der Waals surface area (Å²) in [6, 6.07) is 5.00. The summed E-state index contributed by atoms with van der Waals surface area (Å²) >= 11 is 11.8. The molecule has 1 aromatic carbocycles. The van der Waals surface area contributed by atoms with Crippen molar-refractivity contribution in [3.8, 4) is 0 Å². The number of carbonyl (C=O) groups is 2. The third-order valence-corrected chi connectivity index (χ3v) is 5.06. The highest BCUT2D eigenvalue weighted by Crippen LogP contribution is 2.60. The van der Waals surface area contributed by atoms with Crippen molar-refractivity contribution in [2.75, 3.05) is 0 Å². The summed E-state index contributed by atoms with van der Waals surface area (Å²) in [6.07, 6.45) is 1.51. The fraction of sp³-hybridized carbons (Fsp3) is 0.467. The Balaban J connectivity index is 1.59. The molecule has 0 radical (unpaired) electrons. The van der Waals surface area contributed by atoms with Gasteiger partial charge in [0.2, 0.25) is 0 Å². The molecule has 0 heterocycles. The van der Waals surface area contributed by atoms with Crippen LogP contribution in [0.4, 0.5) is 0 Å². The van der Waals surface area contributed by atoms with Crippen LogP contribution in [0.15, 0.2) is 18.2 Å². The molecule has 112 valence electrons. The lowest BCUT2D eigenvalue weighted by molar-refractivity contribution is -0.151. The summed E-state index contributed by atoms with van der Waals surface area (Å²) in [5.74, 6) is -1.67. The number of rotatable bonds is 4. The van der Waals surface area contributed by atoms with Gasteiger partial charge in [-0.3, -0.25) is 9.59 Å². The molecular formula is C15H14Cl2O4. The highest BCUT2D eigenvalue weighted by atomic mass is 35.5. The smallest absolute Gasteiger partial charge is 0.309 e. The molecule has 2 aliphatic rings. The Hall–Kier alpha value is -1.26. The Morgan fingerprint density at radius 3 is 2.67 bits per heavy atom. The van der Waals surface area contributed by atoms with E-state index in [1.807, 2.05) is 0 Å². The Morgan fingerprint density at radius 2 is 2.05 bits per heavy atom. The molecule has 0 aromatic heterocycles. The van der Waals surface area contributed by atoms with Crippen LogP contribution in [-0.2, 0) is 20.9 Å². The molecule has 6 heteroatoms. The lowest BCUT2D eigenvalue weighted by atomic mass is 10.0. The lowest BCUT2D eigenvalue weighted by Gasteiger charge is -2.13. The number of carboxylic acid groups (broad SMARTS) is 1. The molecule has 2 fully saturated rings. The van der Waals surface area contributed by atoms with Crippen molar-refractivity contribution >= 4 is 35.1 Å². The second kappa shape index (κ2) is 5.50. The van der Waals surface area contributed by atoms with Gasteiger partial charge in [0.25, 0.3) is 0 Å². The molecule has 0 spiro atoms. The average molecular weight is 329 g/mol. The van der Waals surface area contributed by atoms with E-state index in [1.165, 1.54) is 0 Å². The van der Waals surface area contributed by atoms with Gasteiger partial charge in [-0.25, -0.2) is 0 Å². The molecule has 4 nitrogen and oxygen atoms in total. The maximum absolute atomic E-state index is 12.1. The van der Waals surface area contributed by atoms with E-state index in [1.54, 1.807) is 18.2 Å². The normalized spacial score (nSPS) is 29.8. The highest BCUT2D eigenvalue weighted by Gasteiger charge is 2.63. The minimum absolute atomic E-state index is 0.0457. The van der Waals surface area contributed by atoms with Crippen LogP contribution in [-0.4, -0.2) is 17.0 Å². The fourth-order valence-electron chi connectivity index (χ4n) is 3.40. The number of halogens is 2. The molecule has 0 bridgehead atoms. The van der Waals surface area contributed by atoms with E-state index >= 15 is 0 Å². The van der Waals surface area contributed by atoms with Gasteiger partial charge in [-0.1, -0.05) is 29.3 Å². The predicted octanol–water partition coefficient (Wildman–Crippen LogP) is 3.39. The van der Waals surface area contributed by atoms with Gasteiger partial charge in [-0.15, -0.1) is 0 Å². The molecule has 1 aromatic rings. The van der Waals surface area contributed by atoms with E-state index in [0.717, 1.165) is 6.42 Å². The molecule has 2 aliphatic carbocycles. The Kier molecular flexibility index (Phi) is 3.84. The molecule has 1 N–H and O–H groups in total. The van der Waals surface area contributed by atoms with Crippen LogP contribution < -0.4 is 0 Å². The average Bonchev–Trinajstić information content (AvgIpc) is 2.99. The summed E-state index contributed by atoms with van der Waals surface area (Å²) in [7, 11) is 0. The van der Waals surface area contributed by atoms with E-state index in [4.69, 9.17) is 33.0 Å². The van der Waals surface area contributed by atoms with Crippen molar-refractivity contribution in [3.63, 3.8) is 0 Å². The number of hydrogen-bond donors (Lipinski definition) is 1. The van der Waals surface area contributed by atoms with Crippen molar-refractivity contribution in [1.82, 2.24) is 0 Å².